The van der Waals surface area contributed by atoms with Gasteiger partial charge in [-0.15, -0.1) is 23.5 Å². The third-order valence-corrected chi connectivity index (χ3v) is 8.84. The van der Waals surface area contributed by atoms with Gasteiger partial charge in [0.25, 0.3) is 0 Å². The molecule has 1 aromatic rings. The van der Waals surface area contributed by atoms with Crippen LogP contribution in [-0.4, -0.2) is 70.4 Å². The van der Waals surface area contributed by atoms with Gasteiger partial charge < -0.3 is 26.4 Å². The van der Waals surface area contributed by atoms with E-state index < -0.39 is 47.6 Å². The highest BCUT2D eigenvalue weighted by atomic mass is 32.2. The molecule has 13 heteroatoms. The van der Waals surface area contributed by atoms with Crippen LogP contribution in [0.25, 0.3) is 0 Å². The number of amides is 4. The normalized spacial score (nSPS) is 15.8. The molecular weight excluding hydrogens is 559 g/mol. The van der Waals surface area contributed by atoms with E-state index in [0.29, 0.717) is 5.56 Å². The minimum atomic E-state index is -1.11. The molecule has 1 aromatic carbocycles. The average Bonchev–Trinajstić information content (AvgIpc) is 3.44. The molecule has 0 aliphatic carbocycles. The summed E-state index contributed by atoms with van der Waals surface area (Å²) in [4.78, 5) is 62.7. The highest BCUT2D eigenvalue weighted by Crippen LogP contribution is 2.32. The van der Waals surface area contributed by atoms with Crippen molar-refractivity contribution in [3.8, 4) is 0 Å². The Morgan fingerprint density at radius 2 is 1.70 bits per heavy atom. The highest BCUT2D eigenvalue weighted by molar-refractivity contribution is 8.21. The lowest BCUT2D eigenvalue weighted by molar-refractivity contribution is -0.137. The summed E-state index contributed by atoms with van der Waals surface area (Å²) in [5.41, 5.74) is 5.85. The fourth-order valence-corrected chi connectivity index (χ4v) is 6.37. The SMILES string of the molecule is CCOC(=O)C=C[C@H](CCC(N)=O)NC(=O)[C@H](Cc1ccc(F)cc1)NC(=O)[C@@H](NC(=O)C1SCCS1)C(C)C. The number of ether oxygens (including phenoxy) is 1. The fraction of sp³-hybridized carbons (Fsp3) is 0.519. The van der Waals surface area contributed by atoms with Gasteiger partial charge in [0.2, 0.25) is 23.6 Å². The first-order valence-corrected chi connectivity index (χ1v) is 15.1. The van der Waals surface area contributed by atoms with Crippen LogP contribution in [0.1, 0.15) is 39.2 Å². The standard InChI is InChI=1S/C27H37FN4O6S2/c1-4-38-22(34)12-10-19(9-11-21(29)33)30-24(35)20(15-17-5-7-18(28)8-6-17)31-25(36)23(16(2)3)32-26(37)27-39-13-14-40-27/h5-8,10,12,16,19-20,23,27H,4,9,11,13-15H2,1-3H3,(H2,29,33)(H,30,35)(H,31,36)(H,32,37)/t19-,20-,23-/m0/s1. The molecule has 2 rings (SSSR count). The minimum Gasteiger partial charge on any atom is -0.463 e. The number of primary amides is 1. The minimum absolute atomic E-state index is 0.0229. The van der Waals surface area contributed by atoms with Crippen LogP contribution in [0.4, 0.5) is 4.39 Å². The van der Waals surface area contributed by atoms with E-state index in [1.54, 1.807) is 20.8 Å². The van der Waals surface area contributed by atoms with Crippen LogP contribution in [0, 0.1) is 11.7 Å². The van der Waals surface area contributed by atoms with Gasteiger partial charge in [0.1, 0.15) is 22.5 Å². The van der Waals surface area contributed by atoms with Crippen LogP contribution in [0.2, 0.25) is 0 Å². The fourth-order valence-electron chi connectivity index (χ4n) is 3.78. The highest BCUT2D eigenvalue weighted by Gasteiger charge is 2.32. The first kappa shape index (κ1) is 33.1. The number of carbonyl (C=O) groups excluding carboxylic acids is 5. The number of hydrogen-bond donors (Lipinski definition) is 4. The molecule has 1 aliphatic heterocycles. The van der Waals surface area contributed by atoms with Gasteiger partial charge in [0.15, 0.2) is 0 Å². The summed E-state index contributed by atoms with van der Waals surface area (Å²) in [6.45, 7) is 5.39. The summed E-state index contributed by atoms with van der Waals surface area (Å²) in [7, 11) is 0. The number of hydrogen-bond acceptors (Lipinski definition) is 8. The maximum Gasteiger partial charge on any atom is 0.330 e. The molecule has 1 saturated heterocycles. The van der Waals surface area contributed by atoms with Crippen LogP contribution in [-0.2, 0) is 35.1 Å². The number of benzene rings is 1. The smallest absolute Gasteiger partial charge is 0.330 e. The largest absolute Gasteiger partial charge is 0.463 e. The van der Waals surface area contributed by atoms with Gasteiger partial charge in [-0.25, -0.2) is 9.18 Å². The predicted octanol–water partition coefficient (Wildman–Crippen LogP) is 1.67. The summed E-state index contributed by atoms with van der Waals surface area (Å²) in [5.74, 6) is -1.63. The third-order valence-electron chi connectivity index (χ3n) is 5.85. The molecule has 1 heterocycles. The van der Waals surface area contributed by atoms with Crippen LogP contribution in [0.15, 0.2) is 36.4 Å². The molecule has 1 fully saturated rings. The molecule has 10 nitrogen and oxygen atoms in total. The van der Waals surface area contributed by atoms with E-state index >= 15 is 0 Å². The second kappa shape index (κ2) is 16.9. The molecule has 0 spiro atoms. The molecule has 1 aliphatic rings. The Morgan fingerprint density at radius 1 is 1.05 bits per heavy atom. The van der Waals surface area contributed by atoms with Crippen molar-refractivity contribution in [1.82, 2.24) is 16.0 Å². The summed E-state index contributed by atoms with van der Waals surface area (Å²) in [5, 5.41) is 8.27. The molecule has 0 unspecified atom stereocenters. The van der Waals surface area contributed by atoms with Gasteiger partial charge in [-0.3, -0.25) is 19.2 Å². The lowest BCUT2D eigenvalue weighted by Crippen LogP contribution is -2.57. The number of thioether (sulfide) groups is 2. The molecule has 5 N–H and O–H groups in total. The van der Waals surface area contributed by atoms with E-state index in [4.69, 9.17) is 10.5 Å². The maximum absolute atomic E-state index is 13.5. The zero-order valence-electron chi connectivity index (χ0n) is 22.8. The van der Waals surface area contributed by atoms with Crippen molar-refractivity contribution in [2.75, 3.05) is 18.1 Å². The third kappa shape index (κ3) is 11.6. The van der Waals surface area contributed by atoms with Gasteiger partial charge in [-0.05, 0) is 37.0 Å². The Labute approximate surface area is 242 Å². The monoisotopic (exact) mass is 596 g/mol. The van der Waals surface area contributed by atoms with Crippen molar-refractivity contribution in [3.63, 3.8) is 0 Å². The topological polar surface area (TPSA) is 157 Å². The van der Waals surface area contributed by atoms with Crippen LogP contribution >= 0.6 is 23.5 Å². The molecule has 4 amide bonds. The number of esters is 1. The zero-order valence-corrected chi connectivity index (χ0v) is 24.4. The Balaban J connectivity index is 2.24. The Hall–Kier alpha value is -3.06. The summed E-state index contributed by atoms with van der Waals surface area (Å²) < 4.78 is 18.1. The van der Waals surface area contributed by atoms with Crippen molar-refractivity contribution in [2.45, 2.75) is 62.7 Å². The molecule has 0 radical (unpaired) electrons. The molecule has 0 aromatic heterocycles. The van der Waals surface area contributed by atoms with E-state index in [2.05, 4.69) is 16.0 Å². The van der Waals surface area contributed by atoms with Crippen LogP contribution < -0.4 is 21.7 Å². The maximum atomic E-state index is 13.5. The quantitative estimate of drug-likeness (QED) is 0.176. The number of nitrogens with two attached hydrogens (primary N) is 1. The number of rotatable bonds is 15. The Morgan fingerprint density at radius 3 is 2.27 bits per heavy atom. The van der Waals surface area contributed by atoms with Gasteiger partial charge in [0, 0.05) is 36.5 Å². The summed E-state index contributed by atoms with van der Waals surface area (Å²) in [6, 6.07) is 2.72. The van der Waals surface area contributed by atoms with Gasteiger partial charge >= 0.3 is 5.97 Å². The summed E-state index contributed by atoms with van der Waals surface area (Å²) in [6.07, 6.45) is 2.60. The van der Waals surface area contributed by atoms with Crippen LogP contribution in [0.5, 0.6) is 0 Å². The van der Waals surface area contributed by atoms with Crippen LogP contribution in [0.3, 0.4) is 0 Å². The van der Waals surface area contributed by atoms with E-state index in [1.807, 2.05) is 0 Å². The van der Waals surface area contributed by atoms with Gasteiger partial charge in [-0.1, -0.05) is 32.1 Å². The second-order valence-corrected chi connectivity index (χ2v) is 12.2. The van der Waals surface area contributed by atoms with Crippen molar-refractivity contribution >= 4 is 53.1 Å². The second-order valence-electron chi connectivity index (χ2n) is 9.43. The van der Waals surface area contributed by atoms with E-state index in [1.165, 1.54) is 53.9 Å². The molecule has 40 heavy (non-hydrogen) atoms. The van der Waals surface area contributed by atoms with Crippen molar-refractivity contribution in [2.24, 2.45) is 11.7 Å². The molecule has 220 valence electrons. The summed E-state index contributed by atoms with van der Waals surface area (Å²) >= 11 is 3.03. The predicted molar refractivity (Wildman–Crippen MR) is 154 cm³/mol. The van der Waals surface area contributed by atoms with E-state index in [0.717, 1.165) is 17.6 Å². The average molecular weight is 597 g/mol. The Bertz CT molecular complexity index is 1060. The van der Waals surface area contributed by atoms with Gasteiger partial charge in [0.05, 0.1) is 6.61 Å². The first-order valence-electron chi connectivity index (χ1n) is 13.0. The first-order chi connectivity index (χ1) is 19.0. The number of halogens is 1. The Kier molecular flexibility index (Phi) is 14.0. The molecular formula is C27H37FN4O6S2. The van der Waals surface area contributed by atoms with Crippen molar-refractivity contribution in [3.05, 3.63) is 47.8 Å². The molecule has 3 atom stereocenters. The zero-order chi connectivity index (χ0) is 29.7. The lowest BCUT2D eigenvalue weighted by atomic mass is 10.0. The lowest BCUT2D eigenvalue weighted by Gasteiger charge is -2.27. The van der Waals surface area contributed by atoms with Gasteiger partial charge in [-0.2, -0.15) is 0 Å². The van der Waals surface area contributed by atoms with E-state index in [9.17, 15) is 28.4 Å². The van der Waals surface area contributed by atoms with Crippen molar-refractivity contribution < 1.29 is 33.1 Å². The number of carbonyl (C=O) groups is 5. The van der Waals surface area contributed by atoms with Crippen molar-refractivity contribution in [1.29, 1.82) is 0 Å². The molecule has 0 bridgehead atoms. The molecule has 0 saturated carbocycles. The van der Waals surface area contributed by atoms with E-state index in [-0.39, 0.29) is 42.3 Å². The number of nitrogens with one attached hydrogen (secondary N) is 3.